The van der Waals surface area contributed by atoms with Gasteiger partial charge in [-0.3, -0.25) is 4.79 Å². The van der Waals surface area contributed by atoms with E-state index in [1.54, 1.807) is 0 Å². The number of carbonyl (C=O) groups excluding carboxylic acids is 1. The minimum absolute atomic E-state index is 0.0856. The summed E-state index contributed by atoms with van der Waals surface area (Å²) in [6.45, 7) is 1.79. The van der Waals surface area contributed by atoms with Crippen LogP contribution in [0.15, 0.2) is 6.07 Å². The Bertz CT molecular complexity index is 350. The van der Waals surface area contributed by atoms with Crippen molar-refractivity contribution in [2.45, 2.75) is 19.4 Å². The third-order valence-corrected chi connectivity index (χ3v) is 3.44. The fourth-order valence-electron chi connectivity index (χ4n) is 1.04. The molecule has 3 nitrogen and oxygen atoms in total. The summed E-state index contributed by atoms with van der Waals surface area (Å²) in [5, 5.41) is 11.6. The van der Waals surface area contributed by atoms with Crippen molar-refractivity contribution in [3.05, 3.63) is 20.3 Å². The lowest BCUT2D eigenvalue weighted by atomic mass is 10.2. The molecule has 0 bridgehead atoms. The molecule has 0 saturated carbocycles. The highest BCUT2D eigenvalue weighted by molar-refractivity contribution is 7.20. The molecule has 6 heteroatoms. The number of hydrogen-bond acceptors (Lipinski definition) is 3. The molecule has 84 valence electrons. The zero-order valence-electron chi connectivity index (χ0n) is 8.09. The molecular weight excluding hydrogens is 257 g/mol. The average Bonchev–Trinajstić information content (AvgIpc) is 2.54. The number of rotatable bonds is 4. The number of aliphatic hydroxyl groups is 1. The van der Waals surface area contributed by atoms with Crippen LogP contribution >= 0.6 is 34.5 Å². The molecule has 0 saturated heterocycles. The molecule has 0 radical (unpaired) electrons. The molecule has 1 atom stereocenters. The monoisotopic (exact) mass is 267 g/mol. The second kappa shape index (κ2) is 5.70. The van der Waals surface area contributed by atoms with Crippen molar-refractivity contribution in [2.75, 3.05) is 6.61 Å². The maximum Gasteiger partial charge on any atom is 0.254 e. The van der Waals surface area contributed by atoms with Crippen LogP contribution < -0.4 is 5.32 Å². The Kier molecular flexibility index (Phi) is 4.86. The molecule has 15 heavy (non-hydrogen) atoms. The molecule has 1 aromatic rings. The van der Waals surface area contributed by atoms with Crippen LogP contribution in [0.4, 0.5) is 0 Å². The van der Waals surface area contributed by atoms with Gasteiger partial charge in [-0.05, 0) is 12.5 Å². The van der Waals surface area contributed by atoms with Crippen LogP contribution in [0, 0.1) is 0 Å². The maximum atomic E-state index is 11.6. The van der Waals surface area contributed by atoms with Crippen molar-refractivity contribution in [3.8, 4) is 0 Å². The number of thiophene rings is 1. The van der Waals surface area contributed by atoms with E-state index in [-0.39, 0.29) is 18.6 Å². The molecule has 0 unspecified atom stereocenters. The van der Waals surface area contributed by atoms with E-state index in [2.05, 4.69) is 5.32 Å². The minimum atomic E-state index is -0.302. The third-order valence-electron chi connectivity index (χ3n) is 1.95. The normalized spacial score (nSPS) is 12.5. The fourth-order valence-corrected chi connectivity index (χ4v) is 2.49. The average molecular weight is 268 g/mol. The first kappa shape index (κ1) is 12.8. The van der Waals surface area contributed by atoms with E-state index in [0.29, 0.717) is 20.7 Å². The second-order valence-corrected chi connectivity index (χ2v) is 5.28. The van der Waals surface area contributed by atoms with E-state index in [0.717, 1.165) is 11.3 Å². The van der Waals surface area contributed by atoms with Crippen molar-refractivity contribution < 1.29 is 9.90 Å². The predicted molar refractivity (Wildman–Crippen MR) is 63.0 cm³/mol. The highest BCUT2D eigenvalue weighted by Gasteiger charge is 2.16. The summed E-state index contributed by atoms with van der Waals surface area (Å²) in [4.78, 5) is 11.6. The first-order valence-corrected chi connectivity index (χ1v) is 6.02. The standard InChI is InChI=1S/C9H11Cl2NO2S/c1-2-5(4-13)12-9(14)6-3-7(10)15-8(6)11/h3,5,13H,2,4H2,1H3,(H,12,14)/t5-/m1/s1. The summed E-state index contributed by atoms with van der Waals surface area (Å²) in [5.74, 6) is -0.302. The Balaban J connectivity index is 2.72. The van der Waals surface area contributed by atoms with Gasteiger partial charge in [0, 0.05) is 0 Å². The van der Waals surface area contributed by atoms with Crippen LogP contribution in [-0.4, -0.2) is 23.7 Å². The SMILES string of the molecule is CC[C@H](CO)NC(=O)c1cc(Cl)sc1Cl. The Morgan fingerprint density at radius 3 is 2.73 bits per heavy atom. The smallest absolute Gasteiger partial charge is 0.254 e. The molecule has 1 heterocycles. The number of carbonyl (C=O) groups is 1. The largest absolute Gasteiger partial charge is 0.394 e. The number of nitrogens with one attached hydrogen (secondary N) is 1. The van der Waals surface area contributed by atoms with Gasteiger partial charge in [-0.15, -0.1) is 11.3 Å². The van der Waals surface area contributed by atoms with Crippen LogP contribution in [0.1, 0.15) is 23.7 Å². The van der Waals surface area contributed by atoms with E-state index in [1.807, 2.05) is 6.92 Å². The highest BCUT2D eigenvalue weighted by atomic mass is 35.5. The summed E-state index contributed by atoms with van der Waals surface area (Å²) in [5.41, 5.74) is 0.360. The fraction of sp³-hybridized carbons (Fsp3) is 0.444. The lowest BCUT2D eigenvalue weighted by Crippen LogP contribution is -2.36. The van der Waals surface area contributed by atoms with Crippen molar-refractivity contribution >= 4 is 40.4 Å². The maximum absolute atomic E-state index is 11.6. The van der Waals surface area contributed by atoms with Gasteiger partial charge in [-0.25, -0.2) is 0 Å². The molecule has 0 aliphatic rings. The van der Waals surface area contributed by atoms with Crippen molar-refractivity contribution in [2.24, 2.45) is 0 Å². The van der Waals surface area contributed by atoms with Crippen LogP contribution in [0.25, 0.3) is 0 Å². The Labute approximate surface area is 102 Å². The summed E-state index contributed by atoms with van der Waals surface area (Å²) in [6, 6.07) is 1.28. The Morgan fingerprint density at radius 1 is 1.67 bits per heavy atom. The number of aliphatic hydroxyl groups excluding tert-OH is 1. The zero-order valence-corrected chi connectivity index (χ0v) is 10.4. The number of amides is 1. The first-order chi connectivity index (χ1) is 7.08. The van der Waals surface area contributed by atoms with Gasteiger partial charge < -0.3 is 10.4 Å². The van der Waals surface area contributed by atoms with Gasteiger partial charge in [0.1, 0.15) is 4.34 Å². The van der Waals surface area contributed by atoms with Crippen LogP contribution in [-0.2, 0) is 0 Å². The van der Waals surface area contributed by atoms with E-state index in [9.17, 15) is 4.79 Å². The van der Waals surface area contributed by atoms with Crippen molar-refractivity contribution in [1.82, 2.24) is 5.32 Å². The number of halogens is 2. The molecule has 0 aliphatic heterocycles. The van der Waals surface area contributed by atoms with Crippen LogP contribution in [0.3, 0.4) is 0 Å². The molecule has 1 aromatic heterocycles. The van der Waals surface area contributed by atoms with Gasteiger partial charge in [0.05, 0.1) is 22.5 Å². The van der Waals surface area contributed by atoms with E-state index in [4.69, 9.17) is 28.3 Å². The molecule has 0 aliphatic carbocycles. The third kappa shape index (κ3) is 3.34. The van der Waals surface area contributed by atoms with E-state index in [1.165, 1.54) is 6.07 Å². The van der Waals surface area contributed by atoms with Crippen molar-refractivity contribution in [1.29, 1.82) is 0 Å². The lowest BCUT2D eigenvalue weighted by molar-refractivity contribution is 0.0915. The van der Waals surface area contributed by atoms with E-state index < -0.39 is 0 Å². The molecule has 0 aromatic carbocycles. The minimum Gasteiger partial charge on any atom is -0.394 e. The molecule has 0 spiro atoms. The van der Waals surface area contributed by atoms with Crippen LogP contribution in [0.2, 0.25) is 8.67 Å². The summed E-state index contributed by atoms with van der Waals surface area (Å²) in [7, 11) is 0. The van der Waals surface area contributed by atoms with Gasteiger partial charge in [0.2, 0.25) is 0 Å². The van der Waals surface area contributed by atoms with Crippen LogP contribution in [0.5, 0.6) is 0 Å². The number of hydrogen-bond donors (Lipinski definition) is 2. The zero-order chi connectivity index (χ0) is 11.4. The molecule has 1 amide bonds. The second-order valence-electron chi connectivity index (χ2n) is 3.00. The first-order valence-electron chi connectivity index (χ1n) is 4.45. The molecule has 2 N–H and O–H groups in total. The van der Waals surface area contributed by atoms with Gasteiger partial charge in [0.15, 0.2) is 0 Å². The summed E-state index contributed by atoms with van der Waals surface area (Å²) >= 11 is 12.7. The van der Waals surface area contributed by atoms with Gasteiger partial charge >= 0.3 is 0 Å². The lowest BCUT2D eigenvalue weighted by Gasteiger charge is -2.13. The Hall–Kier alpha value is -0.290. The van der Waals surface area contributed by atoms with Crippen molar-refractivity contribution in [3.63, 3.8) is 0 Å². The van der Waals surface area contributed by atoms with Gasteiger partial charge in [0.25, 0.3) is 5.91 Å². The Morgan fingerprint density at radius 2 is 2.33 bits per heavy atom. The van der Waals surface area contributed by atoms with E-state index >= 15 is 0 Å². The molecular formula is C9H11Cl2NO2S. The van der Waals surface area contributed by atoms with Gasteiger partial charge in [-0.1, -0.05) is 30.1 Å². The quantitative estimate of drug-likeness (QED) is 0.881. The summed E-state index contributed by atoms with van der Waals surface area (Å²) < 4.78 is 0.840. The van der Waals surface area contributed by atoms with Gasteiger partial charge in [-0.2, -0.15) is 0 Å². The predicted octanol–water partition coefficient (Wildman–Crippen LogP) is 2.56. The topological polar surface area (TPSA) is 49.3 Å². The summed E-state index contributed by atoms with van der Waals surface area (Å²) in [6.07, 6.45) is 0.664. The highest BCUT2D eigenvalue weighted by Crippen LogP contribution is 2.30. The molecule has 0 fully saturated rings. The molecule has 1 rings (SSSR count).